The van der Waals surface area contributed by atoms with E-state index >= 15 is 0 Å². The van der Waals surface area contributed by atoms with Gasteiger partial charge in [-0.15, -0.1) is 0 Å². The highest BCUT2D eigenvalue weighted by Crippen LogP contribution is 2.19. The number of carbonyl (C=O) groups excluding carboxylic acids is 1. The van der Waals surface area contributed by atoms with Crippen LogP contribution in [-0.4, -0.2) is 29.1 Å². The summed E-state index contributed by atoms with van der Waals surface area (Å²) in [5.41, 5.74) is 0.121. The molecule has 0 radical (unpaired) electrons. The Morgan fingerprint density at radius 3 is 2.65 bits per heavy atom. The number of nitrogens with zero attached hydrogens (tertiary/aromatic N) is 3. The highest BCUT2D eigenvalue weighted by molar-refractivity contribution is 5.99. The number of piperidine rings is 1. The molecule has 0 aliphatic carbocycles. The van der Waals surface area contributed by atoms with Gasteiger partial charge in [0.1, 0.15) is 23.8 Å². The molecular weight excluding hydrogens is 297 g/mol. The number of amides is 2. The van der Waals surface area contributed by atoms with E-state index in [4.69, 9.17) is 0 Å². The third kappa shape index (κ3) is 3.94. The molecule has 6 nitrogen and oxygen atoms in total. The Morgan fingerprint density at radius 1 is 1.09 bits per heavy atom. The molecule has 2 aromatic rings. The SMILES string of the molecule is O=C(Nc1cc(N2CCCCC2)ncn1)Nc1ccccc1F. The maximum absolute atomic E-state index is 13.5. The van der Waals surface area contributed by atoms with Crippen LogP contribution in [0.2, 0.25) is 0 Å². The molecule has 3 rings (SSSR count). The van der Waals surface area contributed by atoms with Crippen LogP contribution in [-0.2, 0) is 0 Å². The van der Waals surface area contributed by atoms with Gasteiger partial charge < -0.3 is 10.2 Å². The standard InChI is InChI=1S/C16H18FN5O/c17-12-6-2-3-7-13(12)20-16(23)21-14-10-15(19-11-18-14)22-8-4-1-5-9-22/h2-3,6-7,10-11H,1,4-5,8-9H2,(H2,18,19,20,21,23). The van der Waals surface area contributed by atoms with Crippen molar-refractivity contribution in [2.45, 2.75) is 19.3 Å². The first-order valence-electron chi connectivity index (χ1n) is 7.62. The molecule has 2 amide bonds. The zero-order chi connectivity index (χ0) is 16.1. The molecule has 1 aliphatic rings. The van der Waals surface area contributed by atoms with Gasteiger partial charge in [0, 0.05) is 19.2 Å². The summed E-state index contributed by atoms with van der Waals surface area (Å²) in [6, 6.07) is 7.18. The van der Waals surface area contributed by atoms with Crippen LogP contribution in [0.25, 0.3) is 0 Å². The predicted molar refractivity (Wildman–Crippen MR) is 87.1 cm³/mol. The number of nitrogens with one attached hydrogen (secondary N) is 2. The number of benzene rings is 1. The summed E-state index contributed by atoms with van der Waals surface area (Å²) in [7, 11) is 0. The van der Waals surface area contributed by atoms with Gasteiger partial charge in [-0.2, -0.15) is 0 Å². The summed E-state index contributed by atoms with van der Waals surface area (Å²) in [6.45, 7) is 1.91. The number of anilines is 3. The topological polar surface area (TPSA) is 70.2 Å². The molecule has 23 heavy (non-hydrogen) atoms. The van der Waals surface area contributed by atoms with E-state index in [9.17, 15) is 9.18 Å². The number of rotatable bonds is 3. The number of hydrogen-bond donors (Lipinski definition) is 2. The van der Waals surface area contributed by atoms with Crippen LogP contribution < -0.4 is 15.5 Å². The first-order chi connectivity index (χ1) is 11.2. The van der Waals surface area contributed by atoms with Crippen molar-refractivity contribution in [3.63, 3.8) is 0 Å². The molecule has 2 N–H and O–H groups in total. The molecule has 0 bridgehead atoms. The van der Waals surface area contributed by atoms with E-state index in [0.29, 0.717) is 5.82 Å². The zero-order valence-corrected chi connectivity index (χ0v) is 12.6. The van der Waals surface area contributed by atoms with Crippen molar-refractivity contribution in [3.05, 3.63) is 42.5 Å². The third-order valence-corrected chi connectivity index (χ3v) is 3.70. The van der Waals surface area contributed by atoms with Gasteiger partial charge in [0.15, 0.2) is 0 Å². The fourth-order valence-corrected chi connectivity index (χ4v) is 2.54. The number of urea groups is 1. The molecule has 2 heterocycles. The lowest BCUT2D eigenvalue weighted by molar-refractivity contribution is 0.262. The molecule has 0 unspecified atom stereocenters. The molecule has 1 aliphatic heterocycles. The fourth-order valence-electron chi connectivity index (χ4n) is 2.54. The second-order valence-electron chi connectivity index (χ2n) is 5.37. The molecule has 7 heteroatoms. The molecule has 1 aromatic carbocycles. The summed E-state index contributed by atoms with van der Waals surface area (Å²) in [5, 5.41) is 5.06. The Morgan fingerprint density at radius 2 is 1.87 bits per heavy atom. The van der Waals surface area contributed by atoms with Crippen LogP contribution in [0.5, 0.6) is 0 Å². The predicted octanol–water partition coefficient (Wildman–Crippen LogP) is 3.25. The second-order valence-corrected chi connectivity index (χ2v) is 5.37. The monoisotopic (exact) mass is 315 g/mol. The van der Waals surface area contributed by atoms with Crippen molar-refractivity contribution in [1.82, 2.24) is 9.97 Å². The van der Waals surface area contributed by atoms with Crippen LogP contribution in [0.15, 0.2) is 36.7 Å². The normalized spacial score (nSPS) is 14.4. The lowest BCUT2D eigenvalue weighted by Crippen LogP contribution is -2.30. The van der Waals surface area contributed by atoms with Crippen LogP contribution in [0, 0.1) is 5.82 Å². The van der Waals surface area contributed by atoms with Crippen LogP contribution in [0.3, 0.4) is 0 Å². The molecule has 0 atom stereocenters. The molecule has 1 aromatic heterocycles. The van der Waals surface area contributed by atoms with Crippen LogP contribution in [0.1, 0.15) is 19.3 Å². The molecule has 1 saturated heterocycles. The number of carbonyl (C=O) groups is 1. The Hall–Kier alpha value is -2.70. The van der Waals surface area contributed by atoms with E-state index in [2.05, 4.69) is 25.5 Å². The van der Waals surface area contributed by atoms with Gasteiger partial charge in [-0.05, 0) is 31.4 Å². The van der Waals surface area contributed by atoms with Crippen LogP contribution >= 0.6 is 0 Å². The third-order valence-electron chi connectivity index (χ3n) is 3.70. The van der Waals surface area contributed by atoms with Gasteiger partial charge in [-0.25, -0.2) is 19.2 Å². The second kappa shape index (κ2) is 7.04. The molecule has 0 spiro atoms. The molecule has 1 fully saturated rings. The van der Waals surface area contributed by atoms with Gasteiger partial charge in [-0.3, -0.25) is 5.32 Å². The summed E-state index contributed by atoms with van der Waals surface area (Å²) >= 11 is 0. The van der Waals surface area contributed by atoms with E-state index in [1.165, 1.54) is 24.9 Å². The molecule has 120 valence electrons. The van der Waals surface area contributed by atoms with E-state index < -0.39 is 11.8 Å². The summed E-state index contributed by atoms with van der Waals surface area (Å²) < 4.78 is 13.5. The smallest absolute Gasteiger partial charge is 0.324 e. The maximum atomic E-state index is 13.5. The van der Waals surface area contributed by atoms with Crippen molar-refractivity contribution in [2.75, 3.05) is 28.6 Å². The van der Waals surface area contributed by atoms with E-state index in [1.54, 1.807) is 18.2 Å². The summed E-state index contributed by atoms with van der Waals surface area (Å²) in [4.78, 5) is 22.4. The van der Waals surface area contributed by atoms with Crippen molar-refractivity contribution in [2.24, 2.45) is 0 Å². The van der Waals surface area contributed by atoms with Crippen molar-refractivity contribution < 1.29 is 9.18 Å². The Balaban J connectivity index is 1.65. The van der Waals surface area contributed by atoms with Crippen molar-refractivity contribution >= 4 is 23.4 Å². The lowest BCUT2D eigenvalue weighted by Gasteiger charge is -2.27. The van der Waals surface area contributed by atoms with E-state index in [-0.39, 0.29) is 5.69 Å². The highest BCUT2D eigenvalue weighted by atomic mass is 19.1. The minimum Gasteiger partial charge on any atom is -0.356 e. The quantitative estimate of drug-likeness (QED) is 0.912. The van der Waals surface area contributed by atoms with Gasteiger partial charge in [0.25, 0.3) is 0 Å². The Kier molecular flexibility index (Phi) is 4.65. The zero-order valence-electron chi connectivity index (χ0n) is 12.6. The van der Waals surface area contributed by atoms with Gasteiger partial charge in [0.2, 0.25) is 0 Å². The summed E-state index contributed by atoms with van der Waals surface area (Å²) in [6.07, 6.45) is 4.93. The minimum atomic E-state index is -0.543. The first kappa shape index (κ1) is 15.2. The van der Waals surface area contributed by atoms with Gasteiger partial charge in [0.05, 0.1) is 5.69 Å². The van der Waals surface area contributed by atoms with Gasteiger partial charge >= 0.3 is 6.03 Å². The number of para-hydroxylation sites is 1. The maximum Gasteiger partial charge on any atom is 0.324 e. The van der Waals surface area contributed by atoms with Gasteiger partial charge in [-0.1, -0.05) is 12.1 Å². The summed E-state index contributed by atoms with van der Waals surface area (Å²) in [5.74, 6) is 0.689. The highest BCUT2D eigenvalue weighted by Gasteiger charge is 2.13. The first-order valence-corrected chi connectivity index (χ1v) is 7.62. The number of hydrogen-bond acceptors (Lipinski definition) is 4. The van der Waals surface area contributed by atoms with Crippen molar-refractivity contribution in [3.8, 4) is 0 Å². The van der Waals surface area contributed by atoms with Crippen LogP contribution in [0.4, 0.5) is 26.5 Å². The average molecular weight is 315 g/mol. The van der Waals surface area contributed by atoms with Crippen molar-refractivity contribution in [1.29, 1.82) is 0 Å². The van der Waals surface area contributed by atoms with E-state index in [1.807, 2.05) is 0 Å². The Bertz CT molecular complexity index is 688. The Labute approximate surface area is 133 Å². The minimum absolute atomic E-state index is 0.121. The fraction of sp³-hybridized carbons (Fsp3) is 0.312. The lowest BCUT2D eigenvalue weighted by atomic mass is 10.1. The molecule has 0 saturated carbocycles. The molecular formula is C16H18FN5O. The van der Waals surface area contributed by atoms with E-state index in [0.717, 1.165) is 31.7 Å². The average Bonchev–Trinajstić information content (AvgIpc) is 2.58. The number of halogens is 1. The number of aromatic nitrogens is 2. The largest absolute Gasteiger partial charge is 0.356 e.